The topological polar surface area (TPSA) is 0 Å². The second-order valence-electron chi connectivity index (χ2n) is 8.56. The van der Waals surface area contributed by atoms with E-state index in [0.29, 0.717) is 10.5 Å². The van der Waals surface area contributed by atoms with Gasteiger partial charge in [-0.1, -0.05) is 69.2 Å². The summed E-state index contributed by atoms with van der Waals surface area (Å²) in [6.45, 7) is 30.3. The molecular weight excluding hydrogens is 761 g/mol. The van der Waals surface area contributed by atoms with Crippen molar-refractivity contribution in [2.45, 2.75) is 107 Å². The molecule has 180 valence electrons. The molecule has 2 fully saturated rings. The molecule has 0 unspecified atom stereocenters. The van der Waals surface area contributed by atoms with Crippen LogP contribution in [0.2, 0.25) is 0 Å². The van der Waals surface area contributed by atoms with E-state index in [-0.39, 0.29) is 40.2 Å². The molecule has 2 aliphatic rings. The van der Waals surface area contributed by atoms with Gasteiger partial charge in [0.25, 0.3) is 0 Å². The van der Waals surface area contributed by atoms with Crippen LogP contribution in [0.5, 0.6) is 0 Å². The summed E-state index contributed by atoms with van der Waals surface area (Å²) in [5.74, 6) is 14.7. The zero-order valence-corrected chi connectivity index (χ0v) is 28.6. The van der Waals surface area contributed by atoms with Crippen molar-refractivity contribution in [2.75, 3.05) is 0 Å². The van der Waals surface area contributed by atoms with Crippen LogP contribution in [0.3, 0.4) is 0 Å². The first-order chi connectivity index (χ1) is 12.6. The predicted molar refractivity (Wildman–Crippen MR) is 140 cm³/mol. The summed E-state index contributed by atoms with van der Waals surface area (Å²) in [7, 11) is 0. The van der Waals surface area contributed by atoms with Crippen LogP contribution in [0.25, 0.3) is 0 Å². The molecule has 4 heteroatoms. The Morgan fingerprint density at radius 3 is 0.400 bits per heavy atom. The fourth-order valence-electron chi connectivity index (χ4n) is 2.81. The number of hydrogen-bond acceptors (Lipinski definition) is 0. The maximum Gasteiger partial charge on any atom is 0.108 e. The SMILES string of the molecule is CC(C)[SH2+].CC(C)[SH2+].C[C]1[C](C)[C](C)[C](C)[C]1C.C[C]1[C](C)[C](C)[C](C)[C]1C.[Ir].[Ir]. The second kappa shape index (κ2) is 19.3. The summed E-state index contributed by atoms with van der Waals surface area (Å²) >= 11 is 6.62. The van der Waals surface area contributed by atoms with Crippen LogP contribution in [0.15, 0.2) is 0 Å². The Hall–Kier alpha value is 2.00. The van der Waals surface area contributed by atoms with Gasteiger partial charge in [-0.3, -0.25) is 0 Å². The summed E-state index contributed by atoms with van der Waals surface area (Å²) in [6.07, 6.45) is 0. The molecule has 2 aliphatic carbocycles. The van der Waals surface area contributed by atoms with Gasteiger partial charge in [0.15, 0.2) is 0 Å². The Morgan fingerprint density at radius 2 is 0.367 bits per heavy atom. The standard InChI is InChI=1S/2C10H15.2C3H8S.2Ir/c2*1-6-7(2)9(4)10(5)8(6)3;2*1-3(2)4;;/h2*1-5H3;2*3-4H,1-2H3;;/p+2. The van der Waals surface area contributed by atoms with Crippen LogP contribution in [-0.4, -0.2) is 10.5 Å². The first-order valence-electron chi connectivity index (χ1n) is 10.4. The molecule has 0 aromatic carbocycles. The van der Waals surface area contributed by atoms with Crippen molar-refractivity contribution in [1.29, 1.82) is 0 Å². The van der Waals surface area contributed by atoms with E-state index in [1.807, 2.05) is 0 Å². The van der Waals surface area contributed by atoms with Gasteiger partial charge in [-0.2, -0.15) is 0 Å². The summed E-state index contributed by atoms with van der Waals surface area (Å²) in [4.78, 5) is 0. The van der Waals surface area contributed by atoms with E-state index in [0.717, 1.165) is 0 Å². The summed E-state index contributed by atoms with van der Waals surface area (Å²) in [5.41, 5.74) is 0. The molecule has 0 aromatic heterocycles. The van der Waals surface area contributed by atoms with Gasteiger partial charge in [-0.05, 0) is 112 Å². The van der Waals surface area contributed by atoms with Crippen LogP contribution in [0, 0.1) is 59.2 Å². The van der Waals surface area contributed by atoms with Crippen molar-refractivity contribution in [3.05, 3.63) is 59.2 Å². The minimum atomic E-state index is 0. The maximum absolute atomic E-state index is 3.31. The molecule has 0 amide bonds. The van der Waals surface area contributed by atoms with Crippen molar-refractivity contribution < 1.29 is 40.2 Å². The first kappa shape index (κ1) is 39.2. The maximum atomic E-state index is 3.31. The summed E-state index contributed by atoms with van der Waals surface area (Å²) < 4.78 is 0. The minimum Gasteiger partial charge on any atom is -0.0579 e. The van der Waals surface area contributed by atoms with Crippen molar-refractivity contribution in [2.24, 2.45) is 0 Å². The van der Waals surface area contributed by atoms with Gasteiger partial charge in [0.1, 0.15) is 10.5 Å². The Morgan fingerprint density at radius 1 is 0.333 bits per heavy atom. The Kier molecular flexibility index (Phi) is 25.3. The molecule has 0 bridgehead atoms. The van der Waals surface area contributed by atoms with Crippen LogP contribution in [0.4, 0.5) is 0 Å². The molecular formula is C26H48Ir2S2+2. The fraction of sp³-hybridized carbons (Fsp3) is 0.615. The van der Waals surface area contributed by atoms with Crippen molar-refractivity contribution >= 4 is 25.3 Å². The second-order valence-corrected chi connectivity index (χ2v) is 10.9. The third-order valence-corrected chi connectivity index (χ3v) is 5.62. The molecule has 2 rings (SSSR count). The average Bonchev–Trinajstić information content (AvgIpc) is 2.85. The molecule has 0 aromatic rings. The van der Waals surface area contributed by atoms with Gasteiger partial charge >= 0.3 is 0 Å². The molecule has 0 heterocycles. The van der Waals surface area contributed by atoms with Gasteiger partial charge < -0.3 is 0 Å². The van der Waals surface area contributed by atoms with Crippen LogP contribution < -0.4 is 0 Å². The fourth-order valence-corrected chi connectivity index (χ4v) is 2.81. The van der Waals surface area contributed by atoms with E-state index in [2.05, 4.69) is 122 Å². The quantitative estimate of drug-likeness (QED) is 0.238. The van der Waals surface area contributed by atoms with E-state index in [4.69, 9.17) is 0 Å². The monoisotopic (exact) mass is 810 g/mol. The van der Waals surface area contributed by atoms with E-state index in [1.165, 1.54) is 59.2 Å². The Bertz CT molecular complexity index is 258. The molecule has 0 nitrogen and oxygen atoms in total. The van der Waals surface area contributed by atoms with E-state index in [1.54, 1.807) is 0 Å². The molecule has 0 atom stereocenters. The van der Waals surface area contributed by atoms with Gasteiger partial charge in [0, 0.05) is 40.2 Å². The summed E-state index contributed by atoms with van der Waals surface area (Å²) in [6, 6.07) is 0. The zero-order chi connectivity index (χ0) is 22.9. The van der Waals surface area contributed by atoms with Crippen molar-refractivity contribution in [3.8, 4) is 0 Å². The van der Waals surface area contributed by atoms with Crippen LogP contribution >= 0.6 is 0 Å². The van der Waals surface area contributed by atoms with E-state index in [9.17, 15) is 0 Å². The molecule has 2 saturated carbocycles. The Balaban J connectivity index is -0.000000160. The first-order valence-corrected chi connectivity index (χ1v) is 11.5. The van der Waals surface area contributed by atoms with Gasteiger partial charge in [-0.15, -0.1) is 0 Å². The number of hydrogen-bond donors (Lipinski definition) is 0. The van der Waals surface area contributed by atoms with Crippen LogP contribution in [-0.2, 0) is 65.5 Å². The number of rotatable bonds is 0. The third-order valence-electron chi connectivity index (χ3n) is 5.62. The Labute approximate surface area is 230 Å². The molecule has 0 spiro atoms. The van der Waals surface area contributed by atoms with Crippen molar-refractivity contribution in [1.82, 2.24) is 0 Å². The summed E-state index contributed by atoms with van der Waals surface area (Å²) in [5, 5.41) is 1.28. The molecule has 0 saturated heterocycles. The molecule has 12 radical (unpaired) electrons. The van der Waals surface area contributed by atoms with Crippen LogP contribution in [0.1, 0.15) is 96.9 Å². The van der Waals surface area contributed by atoms with E-state index >= 15 is 0 Å². The molecule has 30 heavy (non-hydrogen) atoms. The zero-order valence-electron chi connectivity index (χ0n) is 21.8. The minimum absolute atomic E-state index is 0. The average molecular weight is 809 g/mol. The predicted octanol–water partition coefficient (Wildman–Crippen LogP) is 6.75. The van der Waals surface area contributed by atoms with Gasteiger partial charge in [-0.25, -0.2) is 0 Å². The van der Waals surface area contributed by atoms with Gasteiger partial charge in [0.05, 0.1) is 0 Å². The van der Waals surface area contributed by atoms with Gasteiger partial charge in [0.2, 0.25) is 0 Å². The van der Waals surface area contributed by atoms with E-state index < -0.39 is 0 Å². The molecule has 0 N–H and O–H groups in total. The smallest absolute Gasteiger partial charge is 0.0579 e. The van der Waals surface area contributed by atoms with Crippen molar-refractivity contribution in [3.63, 3.8) is 0 Å². The third kappa shape index (κ3) is 14.3. The molecule has 0 aliphatic heterocycles. The normalized spacial score (nSPS) is 21.4. The largest absolute Gasteiger partial charge is 0.108 e.